The molecule has 2 rings (SSSR count). The van der Waals surface area contributed by atoms with E-state index in [0.29, 0.717) is 5.02 Å². The van der Waals surface area contributed by atoms with Crippen molar-refractivity contribution in [2.24, 2.45) is 0 Å². The summed E-state index contributed by atoms with van der Waals surface area (Å²) in [6, 6.07) is 8.12. The molecule has 0 atom stereocenters. The molecule has 2 aromatic rings. The number of anilines is 1. The molecule has 0 fully saturated rings. The fourth-order valence-corrected chi connectivity index (χ4v) is 1.98. The van der Waals surface area contributed by atoms with Gasteiger partial charge in [-0.05, 0) is 24.3 Å². The van der Waals surface area contributed by atoms with Crippen molar-refractivity contribution in [3.8, 4) is 5.75 Å². The van der Waals surface area contributed by atoms with Crippen LogP contribution in [-0.2, 0) is 0 Å². The van der Waals surface area contributed by atoms with Crippen molar-refractivity contribution in [2.75, 3.05) is 5.32 Å². The Bertz CT molecular complexity index is 734. The van der Waals surface area contributed by atoms with Gasteiger partial charge in [-0.25, -0.2) is 0 Å². The van der Waals surface area contributed by atoms with Crippen LogP contribution in [0, 0.1) is 10.1 Å². The van der Waals surface area contributed by atoms with E-state index in [-0.39, 0.29) is 16.3 Å². The molecule has 0 aliphatic rings. The van der Waals surface area contributed by atoms with E-state index in [1.165, 1.54) is 24.3 Å². The second kappa shape index (κ2) is 5.99. The van der Waals surface area contributed by atoms with Gasteiger partial charge in [0, 0.05) is 11.1 Å². The van der Waals surface area contributed by atoms with Crippen LogP contribution < -0.4 is 5.32 Å². The molecular weight excluding hydrogens is 319 g/mol. The van der Waals surface area contributed by atoms with Crippen LogP contribution in [0.15, 0.2) is 36.4 Å². The van der Waals surface area contributed by atoms with Gasteiger partial charge in [-0.1, -0.05) is 29.3 Å². The Kier molecular flexibility index (Phi) is 4.30. The zero-order valence-electron chi connectivity index (χ0n) is 10.3. The molecule has 0 spiro atoms. The molecule has 0 aliphatic carbocycles. The summed E-state index contributed by atoms with van der Waals surface area (Å²) in [4.78, 5) is 22.0. The van der Waals surface area contributed by atoms with Crippen LogP contribution in [-0.4, -0.2) is 15.9 Å². The molecule has 0 saturated carbocycles. The van der Waals surface area contributed by atoms with Gasteiger partial charge in [-0.2, -0.15) is 0 Å². The number of nitro benzene ring substituents is 1. The lowest BCUT2D eigenvalue weighted by molar-refractivity contribution is -0.385. The normalized spacial score (nSPS) is 10.2. The van der Waals surface area contributed by atoms with Gasteiger partial charge in [-0.3, -0.25) is 14.9 Å². The van der Waals surface area contributed by atoms with Gasteiger partial charge < -0.3 is 10.4 Å². The third-order valence-corrected chi connectivity index (χ3v) is 3.20. The summed E-state index contributed by atoms with van der Waals surface area (Å²) in [6.07, 6.45) is 0. The lowest BCUT2D eigenvalue weighted by Crippen LogP contribution is -2.13. The molecule has 2 aromatic carbocycles. The maximum absolute atomic E-state index is 12.1. The first-order valence-electron chi connectivity index (χ1n) is 5.63. The zero-order chi connectivity index (χ0) is 15.6. The highest BCUT2D eigenvalue weighted by molar-refractivity contribution is 6.35. The maximum Gasteiger partial charge on any atom is 0.311 e. The number of nitro groups is 1. The molecule has 2 N–H and O–H groups in total. The van der Waals surface area contributed by atoms with Crippen LogP contribution in [0.5, 0.6) is 5.75 Å². The number of phenolic OH excluding ortho intramolecular Hbond substituents is 1. The van der Waals surface area contributed by atoms with Crippen molar-refractivity contribution < 1.29 is 14.8 Å². The third kappa shape index (κ3) is 3.24. The van der Waals surface area contributed by atoms with Gasteiger partial charge in [0.2, 0.25) is 5.75 Å². The Labute approximate surface area is 129 Å². The van der Waals surface area contributed by atoms with E-state index in [1.54, 1.807) is 6.07 Å². The molecule has 0 heterocycles. The number of amides is 1. The smallest absolute Gasteiger partial charge is 0.311 e. The predicted molar refractivity (Wildman–Crippen MR) is 79.2 cm³/mol. The molecule has 0 bridgehead atoms. The van der Waals surface area contributed by atoms with E-state index in [2.05, 4.69) is 5.32 Å². The summed E-state index contributed by atoms with van der Waals surface area (Å²) in [6.45, 7) is 0. The number of hydrogen-bond donors (Lipinski definition) is 2. The Hall–Kier alpha value is -2.31. The molecule has 21 heavy (non-hydrogen) atoms. The lowest BCUT2D eigenvalue weighted by Gasteiger charge is -2.09. The molecular formula is C13H8Cl2N2O4. The SMILES string of the molecule is O=C(Nc1cc(Cl)ccc1Cl)c1cccc([N+](=O)[O-])c1O. The standard InChI is InChI=1S/C13H8Cl2N2O4/c14-7-4-5-9(15)10(6-7)16-13(19)8-2-1-3-11(12(8)18)17(20)21/h1-6,18H,(H,16,19). The Balaban J connectivity index is 2.35. The lowest BCUT2D eigenvalue weighted by atomic mass is 10.1. The number of rotatable bonds is 3. The largest absolute Gasteiger partial charge is 0.502 e. The molecule has 0 saturated heterocycles. The summed E-state index contributed by atoms with van der Waals surface area (Å²) in [5, 5.41) is 23.5. The molecule has 0 radical (unpaired) electrons. The van der Waals surface area contributed by atoms with Crippen molar-refractivity contribution in [1.29, 1.82) is 0 Å². The van der Waals surface area contributed by atoms with Crippen LogP contribution >= 0.6 is 23.2 Å². The number of nitrogens with one attached hydrogen (secondary N) is 1. The van der Waals surface area contributed by atoms with Crippen LogP contribution in [0.3, 0.4) is 0 Å². The van der Waals surface area contributed by atoms with E-state index in [1.807, 2.05) is 0 Å². The van der Waals surface area contributed by atoms with Crippen LogP contribution in [0.1, 0.15) is 10.4 Å². The maximum atomic E-state index is 12.1. The van der Waals surface area contributed by atoms with Crippen LogP contribution in [0.4, 0.5) is 11.4 Å². The Morgan fingerprint density at radius 3 is 2.62 bits per heavy atom. The topological polar surface area (TPSA) is 92.5 Å². The number of halogens is 2. The highest BCUT2D eigenvalue weighted by atomic mass is 35.5. The van der Waals surface area contributed by atoms with E-state index in [0.717, 1.165) is 6.07 Å². The number of phenols is 1. The molecule has 108 valence electrons. The first kappa shape index (κ1) is 15.1. The second-order valence-corrected chi connectivity index (χ2v) is 4.85. The summed E-state index contributed by atoms with van der Waals surface area (Å²) in [5.41, 5.74) is -0.555. The molecule has 0 unspecified atom stereocenters. The average Bonchev–Trinajstić information content (AvgIpc) is 2.42. The minimum Gasteiger partial charge on any atom is -0.502 e. The van der Waals surface area contributed by atoms with Gasteiger partial charge >= 0.3 is 5.69 Å². The Morgan fingerprint density at radius 2 is 1.95 bits per heavy atom. The Morgan fingerprint density at radius 1 is 1.24 bits per heavy atom. The van der Waals surface area contributed by atoms with Crippen molar-refractivity contribution >= 4 is 40.5 Å². The zero-order valence-corrected chi connectivity index (χ0v) is 11.9. The van der Waals surface area contributed by atoms with Crippen molar-refractivity contribution in [3.63, 3.8) is 0 Å². The molecule has 1 amide bonds. The minimum atomic E-state index is -0.779. The van der Waals surface area contributed by atoms with Gasteiger partial charge in [0.1, 0.15) is 0 Å². The van der Waals surface area contributed by atoms with Crippen molar-refractivity contribution in [2.45, 2.75) is 0 Å². The van der Waals surface area contributed by atoms with Crippen LogP contribution in [0.25, 0.3) is 0 Å². The third-order valence-electron chi connectivity index (χ3n) is 2.63. The fraction of sp³-hybridized carbons (Fsp3) is 0. The first-order valence-corrected chi connectivity index (χ1v) is 6.38. The van der Waals surface area contributed by atoms with Gasteiger partial charge in [-0.15, -0.1) is 0 Å². The first-order chi connectivity index (χ1) is 9.90. The number of carbonyl (C=O) groups excluding carboxylic acids is 1. The number of nitrogens with zero attached hydrogens (tertiary/aromatic N) is 1. The fourth-order valence-electron chi connectivity index (χ4n) is 1.64. The van der Waals surface area contributed by atoms with E-state index in [9.17, 15) is 20.0 Å². The molecule has 8 heteroatoms. The quantitative estimate of drug-likeness (QED) is 0.661. The molecule has 0 aromatic heterocycles. The van der Waals surface area contributed by atoms with Gasteiger partial charge in [0.15, 0.2) is 0 Å². The molecule has 0 aliphatic heterocycles. The number of benzene rings is 2. The number of aromatic hydroxyl groups is 1. The van der Waals surface area contributed by atoms with Crippen LogP contribution in [0.2, 0.25) is 10.0 Å². The van der Waals surface area contributed by atoms with Gasteiger partial charge in [0.25, 0.3) is 5.91 Å². The van der Waals surface area contributed by atoms with E-state index >= 15 is 0 Å². The minimum absolute atomic E-state index is 0.236. The van der Waals surface area contributed by atoms with Crippen molar-refractivity contribution in [1.82, 2.24) is 0 Å². The summed E-state index contributed by atoms with van der Waals surface area (Å²) in [5.74, 6) is -1.45. The average molecular weight is 327 g/mol. The van der Waals surface area contributed by atoms with E-state index < -0.39 is 22.3 Å². The predicted octanol–water partition coefficient (Wildman–Crippen LogP) is 3.86. The highest BCUT2D eigenvalue weighted by Gasteiger charge is 2.21. The second-order valence-electron chi connectivity index (χ2n) is 4.01. The summed E-state index contributed by atoms with van der Waals surface area (Å²) < 4.78 is 0. The number of para-hydroxylation sites is 1. The number of hydrogen-bond acceptors (Lipinski definition) is 4. The van der Waals surface area contributed by atoms with Gasteiger partial charge in [0.05, 0.1) is 21.2 Å². The summed E-state index contributed by atoms with van der Waals surface area (Å²) >= 11 is 11.7. The summed E-state index contributed by atoms with van der Waals surface area (Å²) in [7, 11) is 0. The monoisotopic (exact) mass is 326 g/mol. The highest BCUT2D eigenvalue weighted by Crippen LogP contribution is 2.31. The number of carbonyl (C=O) groups is 1. The van der Waals surface area contributed by atoms with E-state index in [4.69, 9.17) is 23.2 Å². The molecule has 6 nitrogen and oxygen atoms in total. The van der Waals surface area contributed by atoms with Crippen molar-refractivity contribution in [3.05, 3.63) is 62.1 Å².